The molecule has 0 bridgehead atoms. The van der Waals surface area contributed by atoms with Crippen molar-refractivity contribution in [2.24, 2.45) is 0 Å². The van der Waals surface area contributed by atoms with Gasteiger partial charge >= 0.3 is 5.97 Å². The molecule has 1 aromatic carbocycles. The molecule has 0 radical (unpaired) electrons. The number of carbonyl (C=O) groups is 1. The Hall–Kier alpha value is -2.21. The number of halogens is 1. The summed E-state index contributed by atoms with van der Waals surface area (Å²) < 4.78 is 11.4. The third kappa shape index (κ3) is 2.67. The summed E-state index contributed by atoms with van der Waals surface area (Å²) in [4.78, 5) is 20.7. The van der Waals surface area contributed by atoms with Gasteiger partial charge in [0.05, 0.1) is 12.2 Å². The monoisotopic (exact) mass is 346 g/mol. The third-order valence-corrected chi connectivity index (χ3v) is 3.28. The molecule has 0 aliphatic rings. The number of benzene rings is 1. The summed E-state index contributed by atoms with van der Waals surface area (Å²) in [7, 11) is 0. The van der Waals surface area contributed by atoms with Crippen LogP contribution in [0.1, 0.15) is 17.3 Å². The molecule has 0 fully saturated rings. The minimum Gasteiger partial charge on any atom is -0.462 e. The molecule has 0 spiro atoms. The Balaban J connectivity index is 2.14. The number of rotatable bonds is 3. The molecule has 0 aliphatic carbocycles. The Morgan fingerprint density at radius 3 is 2.95 bits per heavy atom. The van der Waals surface area contributed by atoms with Gasteiger partial charge in [-0.1, -0.05) is 12.1 Å². The fourth-order valence-electron chi connectivity index (χ4n) is 1.95. The highest BCUT2D eigenvalue weighted by Crippen LogP contribution is 2.27. The van der Waals surface area contributed by atoms with Crippen molar-refractivity contribution in [1.82, 2.24) is 9.97 Å². The maximum Gasteiger partial charge on any atom is 0.340 e. The van der Waals surface area contributed by atoms with Crippen LogP contribution in [0.4, 0.5) is 0 Å². The molecule has 2 aromatic heterocycles. The van der Waals surface area contributed by atoms with E-state index in [9.17, 15) is 4.79 Å². The van der Waals surface area contributed by atoms with Crippen LogP contribution in [0.3, 0.4) is 0 Å². The van der Waals surface area contributed by atoms with Crippen LogP contribution >= 0.6 is 15.9 Å². The van der Waals surface area contributed by atoms with Crippen LogP contribution in [0.2, 0.25) is 0 Å². The summed E-state index contributed by atoms with van der Waals surface area (Å²) in [6.45, 7) is 2.04. The van der Waals surface area contributed by atoms with E-state index in [2.05, 4.69) is 25.9 Å². The molecule has 21 heavy (non-hydrogen) atoms. The van der Waals surface area contributed by atoms with Crippen molar-refractivity contribution in [3.8, 4) is 11.6 Å². The second-order valence-electron chi connectivity index (χ2n) is 4.26. The largest absolute Gasteiger partial charge is 0.462 e. The second kappa shape index (κ2) is 5.65. The number of fused-ring (bicyclic) bond motifs is 1. The molecule has 0 N–H and O–H groups in total. The molecule has 3 rings (SSSR count). The maximum atomic E-state index is 12.1. The molecular weight excluding hydrogens is 336 g/mol. The first-order chi connectivity index (χ1) is 10.2. The van der Waals surface area contributed by atoms with Gasteiger partial charge in [0.15, 0.2) is 5.58 Å². The topological polar surface area (TPSA) is 65.2 Å². The van der Waals surface area contributed by atoms with E-state index >= 15 is 0 Å². The summed E-state index contributed by atoms with van der Waals surface area (Å²) >= 11 is 3.30. The lowest BCUT2D eigenvalue weighted by Gasteiger charge is -2.05. The van der Waals surface area contributed by atoms with Gasteiger partial charge in [0.25, 0.3) is 0 Å². The molecule has 3 aromatic rings. The van der Waals surface area contributed by atoms with Crippen LogP contribution in [-0.4, -0.2) is 22.5 Å². The van der Waals surface area contributed by atoms with Crippen LogP contribution in [0.15, 0.2) is 45.4 Å². The van der Waals surface area contributed by atoms with E-state index in [1.54, 1.807) is 19.2 Å². The van der Waals surface area contributed by atoms with Crippen LogP contribution in [-0.2, 0) is 4.74 Å². The molecule has 0 atom stereocenters. The highest BCUT2D eigenvalue weighted by atomic mass is 79.9. The van der Waals surface area contributed by atoms with Crippen LogP contribution in [0.25, 0.3) is 22.7 Å². The Morgan fingerprint density at radius 2 is 2.19 bits per heavy atom. The molecule has 5 nitrogen and oxygen atoms in total. The molecule has 0 amide bonds. The summed E-state index contributed by atoms with van der Waals surface area (Å²) in [5.41, 5.74) is 2.05. The zero-order valence-electron chi connectivity index (χ0n) is 11.2. The van der Waals surface area contributed by atoms with Crippen molar-refractivity contribution in [2.45, 2.75) is 6.92 Å². The predicted molar refractivity (Wildman–Crippen MR) is 80.9 cm³/mol. The molecule has 106 valence electrons. The third-order valence-electron chi connectivity index (χ3n) is 2.85. The van der Waals surface area contributed by atoms with Gasteiger partial charge < -0.3 is 9.15 Å². The zero-order valence-corrected chi connectivity index (χ0v) is 12.8. The van der Waals surface area contributed by atoms with E-state index in [4.69, 9.17) is 9.15 Å². The Morgan fingerprint density at radius 1 is 1.38 bits per heavy atom. The normalized spacial score (nSPS) is 10.8. The molecule has 0 unspecified atom stereocenters. The number of hydrogen-bond donors (Lipinski definition) is 0. The van der Waals surface area contributed by atoms with Crippen molar-refractivity contribution < 1.29 is 13.9 Å². The number of pyridine rings is 1. The van der Waals surface area contributed by atoms with Crippen molar-refractivity contribution in [3.05, 3.63) is 46.6 Å². The summed E-state index contributed by atoms with van der Waals surface area (Å²) in [5, 5.41) is 0. The summed E-state index contributed by atoms with van der Waals surface area (Å²) in [5.74, 6) is -0.157. The van der Waals surface area contributed by atoms with Gasteiger partial charge in [-0.2, -0.15) is 0 Å². The Kier molecular flexibility index (Phi) is 3.70. The molecule has 0 aliphatic heterocycles. The SMILES string of the molecule is CCOC(=O)c1cc(Br)cnc1-c1nc2ccccc2o1. The molecule has 6 heteroatoms. The van der Waals surface area contributed by atoms with Crippen LogP contribution < -0.4 is 0 Å². The predicted octanol–water partition coefficient (Wildman–Crippen LogP) is 3.83. The number of carbonyl (C=O) groups excluding carboxylic acids is 1. The number of para-hydroxylation sites is 2. The fourth-order valence-corrected chi connectivity index (χ4v) is 2.28. The Bertz CT molecular complexity index is 781. The highest BCUT2D eigenvalue weighted by Gasteiger charge is 2.20. The van der Waals surface area contributed by atoms with E-state index in [0.717, 1.165) is 0 Å². The Labute approximate surface area is 129 Å². The van der Waals surface area contributed by atoms with Crippen molar-refractivity contribution in [2.75, 3.05) is 6.61 Å². The smallest absolute Gasteiger partial charge is 0.340 e. The van der Waals surface area contributed by atoms with Crippen molar-refractivity contribution >= 4 is 33.0 Å². The maximum absolute atomic E-state index is 12.1. The highest BCUT2D eigenvalue weighted by molar-refractivity contribution is 9.10. The van der Waals surface area contributed by atoms with Crippen LogP contribution in [0.5, 0.6) is 0 Å². The van der Waals surface area contributed by atoms with E-state index < -0.39 is 5.97 Å². The lowest BCUT2D eigenvalue weighted by Crippen LogP contribution is -2.07. The fraction of sp³-hybridized carbons (Fsp3) is 0.133. The number of hydrogen-bond acceptors (Lipinski definition) is 5. The van der Waals surface area contributed by atoms with Crippen LogP contribution in [0, 0.1) is 0 Å². The lowest BCUT2D eigenvalue weighted by atomic mass is 10.2. The standard InChI is InChI=1S/C15H11BrN2O3/c1-2-20-15(19)10-7-9(16)8-17-13(10)14-18-11-5-3-4-6-12(11)21-14/h3-8H,2H2,1H3. The van der Waals surface area contributed by atoms with Crippen molar-refractivity contribution in [1.29, 1.82) is 0 Å². The van der Waals surface area contributed by atoms with Crippen molar-refractivity contribution in [3.63, 3.8) is 0 Å². The molecule has 0 saturated heterocycles. The first-order valence-electron chi connectivity index (χ1n) is 6.37. The number of esters is 1. The van der Waals surface area contributed by atoms with Gasteiger partial charge in [-0.15, -0.1) is 0 Å². The van der Waals surface area contributed by atoms with Gasteiger partial charge in [-0.3, -0.25) is 0 Å². The van der Waals surface area contributed by atoms with E-state index in [1.165, 1.54) is 0 Å². The average Bonchev–Trinajstić information content (AvgIpc) is 2.91. The van der Waals surface area contributed by atoms with Gasteiger partial charge in [-0.25, -0.2) is 14.8 Å². The first-order valence-corrected chi connectivity index (χ1v) is 7.17. The van der Waals surface area contributed by atoms with E-state index in [-0.39, 0.29) is 0 Å². The lowest BCUT2D eigenvalue weighted by molar-refractivity contribution is 0.0526. The van der Waals surface area contributed by atoms with Gasteiger partial charge in [0, 0.05) is 10.7 Å². The number of aromatic nitrogens is 2. The van der Waals surface area contributed by atoms with Gasteiger partial charge in [0.1, 0.15) is 11.2 Å². The molecule has 2 heterocycles. The minimum atomic E-state index is -0.455. The quantitative estimate of drug-likeness (QED) is 0.674. The van der Waals surface area contributed by atoms with Gasteiger partial charge in [0.2, 0.25) is 5.89 Å². The second-order valence-corrected chi connectivity index (χ2v) is 5.17. The number of nitrogens with zero attached hydrogens (tertiary/aromatic N) is 2. The zero-order chi connectivity index (χ0) is 14.8. The molecule has 0 saturated carbocycles. The summed E-state index contributed by atoms with van der Waals surface area (Å²) in [6.07, 6.45) is 1.59. The number of oxazole rings is 1. The van der Waals surface area contributed by atoms with E-state index in [1.807, 2.05) is 24.3 Å². The first kappa shape index (κ1) is 13.8. The van der Waals surface area contributed by atoms with Gasteiger partial charge in [-0.05, 0) is 41.1 Å². The minimum absolute atomic E-state index is 0.290. The molecular formula is C15H11BrN2O3. The number of ether oxygens (including phenoxy) is 1. The summed E-state index contributed by atoms with van der Waals surface area (Å²) in [6, 6.07) is 9.03. The average molecular weight is 347 g/mol. The van der Waals surface area contributed by atoms with E-state index in [0.29, 0.717) is 39.3 Å².